The largest absolute Gasteiger partial charge is 0.351 e. The van der Waals surface area contributed by atoms with Gasteiger partial charge in [-0.15, -0.1) is 0 Å². The molecular formula is C14H24N2S4. The quantitative estimate of drug-likeness (QED) is 0.460. The van der Waals surface area contributed by atoms with Gasteiger partial charge in [-0.1, -0.05) is 24.4 Å². The van der Waals surface area contributed by atoms with Crippen LogP contribution in [0.4, 0.5) is 0 Å². The molecule has 2 heterocycles. The van der Waals surface area contributed by atoms with Crippen molar-refractivity contribution in [2.75, 3.05) is 0 Å². The van der Waals surface area contributed by atoms with E-state index in [0.717, 1.165) is 8.64 Å². The summed E-state index contributed by atoms with van der Waals surface area (Å²) in [6.07, 6.45) is 4.99. The van der Waals surface area contributed by atoms with Crippen LogP contribution in [0, 0.1) is 0 Å². The van der Waals surface area contributed by atoms with E-state index in [-0.39, 0.29) is 0 Å². The molecule has 2 nitrogen and oxygen atoms in total. The van der Waals surface area contributed by atoms with Crippen molar-refractivity contribution in [1.82, 2.24) is 9.80 Å². The molecule has 0 aromatic heterocycles. The minimum Gasteiger partial charge on any atom is -0.351 e. The maximum atomic E-state index is 5.61. The van der Waals surface area contributed by atoms with Gasteiger partial charge in [-0.05, 0) is 75.0 Å². The van der Waals surface area contributed by atoms with Crippen molar-refractivity contribution < 1.29 is 0 Å². The van der Waals surface area contributed by atoms with E-state index in [0.29, 0.717) is 24.2 Å². The molecule has 0 saturated carbocycles. The Hall–Kier alpha value is 0.480. The first-order valence-electron chi connectivity index (χ1n) is 7.41. The standard InChI is InChI=1S/C14H24N2S4/c1-9-5-6-10(2)15(9)13(17)19-20-14(18)16-11(3)7-8-12(16)4/h9-12H,5-8H2,1-4H3. The highest BCUT2D eigenvalue weighted by Crippen LogP contribution is 2.36. The molecule has 0 aromatic rings. The Morgan fingerprint density at radius 1 is 0.700 bits per heavy atom. The smallest absolute Gasteiger partial charge is 0.147 e. The Bertz CT molecular complexity index is 331. The molecule has 114 valence electrons. The summed E-state index contributed by atoms with van der Waals surface area (Å²) in [5.41, 5.74) is 0. The van der Waals surface area contributed by atoms with E-state index in [9.17, 15) is 0 Å². The topological polar surface area (TPSA) is 6.48 Å². The average molecular weight is 349 g/mol. The number of thiocarbonyl (C=S) groups is 2. The first-order chi connectivity index (χ1) is 9.41. The van der Waals surface area contributed by atoms with Gasteiger partial charge in [0, 0.05) is 24.2 Å². The molecule has 2 fully saturated rings. The van der Waals surface area contributed by atoms with Crippen molar-refractivity contribution in [1.29, 1.82) is 0 Å². The molecule has 0 bridgehead atoms. The summed E-state index contributed by atoms with van der Waals surface area (Å²) >= 11 is 11.2. The number of hydrogen-bond acceptors (Lipinski definition) is 4. The summed E-state index contributed by atoms with van der Waals surface area (Å²) in [5, 5.41) is 0. The molecule has 0 N–H and O–H groups in total. The van der Waals surface area contributed by atoms with E-state index in [1.54, 1.807) is 21.6 Å². The Kier molecular flexibility index (Phi) is 6.03. The highest BCUT2D eigenvalue weighted by atomic mass is 33.1. The third-order valence-electron chi connectivity index (χ3n) is 4.51. The first kappa shape index (κ1) is 16.8. The van der Waals surface area contributed by atoms with E-state index in [1.807, 2.05) is 0 Å². The van der Waals surface area contributed by atoms with Gasteiger partial charge in [0.15, 0.2) is 0 Å². The van der Waals surface area contributed by atoms with Crippen LogP contribution in [0.2, 0.25) is 0 Å². The molecule has 4 unspecified atom stereocenters. The molecule has 2 aliphatic rings. The Labute approximate surface area is 141 Å². The van der Waals surface area contributed by atoms with Gasteiger partial charge >= 0.3 is 0 Å². The summed E-state index contributed by atoms with van der Waals surface area (Å²) < 4.78 is 1.99. The number of likely N-dealkylation sites (tertiary alicyclic amines) is 2. The maximum absolute atomic E-state index is 5.61. The normalized spacial score (nSPS) is 33.8. The van der Waals surface area contributed by atoms with E-state index in [1.165, 1.54) is 25.7 Å². The molecule has 0 aliphatic carbocycles. The van der Waals surface area contributed by atoms with Crippen molar-refractivity contribution in [2.24, 2.45) is 0 Å². The van der Waals surface area contributed by atoms with E-state index >= 15 is 0 Å². The lowest BCUT2D eigenvalue weighted by molar-refractivity contribution is 0.357. The number of nitrogens with zero attached hydrogens (tertiary/aromatic N) is 2. The molecule has 2 aliphatic heterocycles. The van der Waals surface area contributed by atoms with Crippen LogP contribution in [0.3, 0.4) is 0 Å². The van der Waals surface area contributed by atoms with E-state index < -0.39 is 0 Å². The van der Waals surface area contributed by atoms with Crippen molar-refractivity contribution in [3.63, 3.8) is 0 Å². The summed E-state index contributed by atoms with van der Waals surface area (Å²) in [4.78, 5) is 4.76. The third kappa shape index (κ3) is 3.62. The van der Waals surface area contributed by atoms with Gasteiger partial charge in [-0.25, -0.2) is 0 Å². The minimum absolute atomic E-state index is 0.573. The predicted molar refractivity (Wildman–Crippen MR) is 100 cm³/mol. The van der Waals surface area contributed by atoms with Crippen molar-refractivity contribution >= 4 is 54.7 Å². The fourth-order valence-corrected chi connectivity index (χ4v) is 6.58. The van der Waals surface area contributed by atoms with Crippen LogP contribution in [0.1, 0.15) is 53.4 Å². The lowest BCUT2D eigenvalue weighted by Crippen LogP contribution is -2.37. The van der Waals surface area contributed by atoms with Crippen molar-refractivity contribution in [3.8, 4) is 0 Å². The molecule has 2 saturated heterocycles. The van der Waals surface area contributed by atoms with E-state index in [4.69, 9.17) is 24.4 Å². The van der Waals surface area contributed by atoms with Crippen molar-refractivity contribution in [2.45, 2.75) is 77.5 Å². The lowest BCUT2D eigenvalue weighted by atomic mass is 10.2. The van der Waals surface area contributed by atoms with Gasteiger partial charge in [-0.3, -0.25) is 0 Å². The second-order valence-corrected chi connectivity index (χ2v) is 9.46. The molecule has 0 aromatic carbocycles. The molecule has 6 heteroatoms. The second-order valence-electron chi connectivity index (χ2n) is 6.06. The fourth-order valence-electron chi connectivity index (χ4n) is 3.27. The summed E-state index contributed by atoms with van der Waals surface area (Å²) in [6.45, 7) is 9.07. The van der Waals surface area contributed by atoms with Gasteiger partial charge in [0.2, 0.25) is 0 Å². The SMILES string of the molecule is CC1CCC(C)N1C(=S)SSC(=S)N1C(C)CCC1C. The third-order valence-corrected chi connectivity index (χ3v) is 8.05. The van der Waals surface area contributed by atoms with Crippen LogP contribution >= 0.6 is 46.0 Å². The zero-order valence-corrected chi connectivity index (χ0v) is 15.9. The van der Waals surface area contributed by atoms with Crippen LogP contribution in [0.5, 0.6) is 0 Å². The second kappa shape index (κ2) is 7.16. The molecule has 0 spiro atoms. The van der Waals surface area contributed by atoms with Crippen LogP contribution in [0.15, 0.2) is 0 Å². The first-order valence-corrected chi connectivity index (χ1v) is 10.4. The monoisotopic (exact) mass is 348 g/mol. The molecular weight excluding hydrogens is 324 g/mol. The van der Waals surface area contributed by atoms with Crippen LogP contribution in [-0.2, 0) is 0 Å². The average Bonchev–Trinajstić information content (AvgIpc) is 2.89. The highest BCUT2D eigenvalue weighted by Gasteiger charge is 2.32. The molecule has 0 amide bonds. The van der Waals surface area contributed by atoms with Gasteiger partial charge < -0.3 is 9.80 Å². The number of rotatable bonds is 0. The van der Waals surface area contributed by atoms with Crippen LogP contribution in [-0.4, -0.2) is 42.6 Å². The molecule has 4 atom stereocenters. The Balaban J connectivity index is 1.85. The molecule has 0 radical (unpaired) electrons. The summed E-state index contributed by atoms with van der Waals surface area (Å²) in [6, 6.07) is 2.29. The molecule has 2 rings (SSSR count). The Morgan fingerprint density at radius 2 is 0.950 bits per heavy atom. The Morgan fingerprint density at radius 3 is 1.20 bits per heavy atom. The van der Waals surface area contributed by atoms with E-state index in [2.05, 4.69) is 37.5 Å². The minimum atomic E-state index is 0.573. The fraction of sp³-hybridized carbons (Fsp3) is 0.857. The lowest BCUT2D eigenvalue weighted by Gasteiger charge is -2.30. The highest BCUT2D eigenvalue weighted by molar-refractivity contribution is 8.89. The summed E-state index contributed by atoms with van der Waals surface area (Å²) in [5.74, 6) is 0. The van der Waals surface area contributed by atoms with Gasteiger partial charge in [0.25, 0.3) is 0 Å². The number of hydrogen-bond donors (Lipinski definition) is 0. The van der Waals surface area contributed by atoms with Crippen LogP contribution < -0.4 is 0 Å². The van der Waals surface area contributed by atoms with Crippen LogP contribution in [0.25, 0.3) is 0 Å². The predicted octanol–water partition coefficient (Wildman–Crippen LogP) is 4.68. The van der Waals surface area contributed by atoms with Gasteiger partial charge in [0.05, 0.1) is 0 Å². The zero-order valence-electron chi connectivity index (χ0n) is 12.7. The summed E-state index contributed by atoms with van der Waals surface area (Å²) in [7, 11) is 3.34. The zero-order chi connectivity index (χ0) is 14.9. The van der Waals surface area contributed by atoms with Crippen molar-refractivity contribution in [3.05, 3.63) is 0 Å². The maximum Gasteiger partial charge on any atom is 0.147 e. The van der Waals surface area contributed by atoms with Gasteiger partial charge in [0.1, 0.15) is 8.64 Å². The van der Waals surface area contributed by atoms with Gasteiger partial charge in [-0.2, -0.15) is 0 Å². The molecule has 20 heavy (non-hydrogen) atoms.